The Labute approximate surface area is 105 Å². The predicted molar refractivity (Wildman–Crippen MR) is 59.7 cm³/mol. The van der Waals surface area contributed by atoms with Crippen molar-refractivity contribution in [2.24, 2.45) is 5.73 Å². The quantitative estimate of drug-likeness (QED) is 0.512. The second-order valence-corrected chi connectivity index (χ2v) is 5.78. The maximum atomic E-state index is 11.1. The van der Waals surface area contributed by atoms with Gasteiger partial charge in [0.15, 0.2) is 0 Å². The van der Waals surface area contributed by atoms with Crippen LogP contribution in [-0.4, -0.2) is 19.2 Å². The molecule has 10 heteroatoms. The average molecular weight is 299 g/mol. The number of carbonyl (C=O) groups is 1. The van der Waals surface area contributed by atoms with Gasteiger partial charge >= 0.3 is 0 Å². The first kappa shape index (κ1) is 13.7. The number of hydrogen-bond acceptors (Lipinski definition) is 5. The van der Waals surface area contributed by atoms with E-state index in [1.165, 1.54) is 0 Å². The fourth-order valence-electron chi connectivity index (χ4n) is 1.05. The van der Waals surface area contributed by atoms with Gasteiger partial charge < -0.3 is 5.73 Å². The minimum absolute atomic E-state index is 0.486. The zero-order valence-corrected chi connectivity index (χ0v) is 10.2. The number of primary amides is 1. The molecule has 1 aromatic carbocycles. The summed E-state index contributed by atoms with van der Waals surface area (Å²) in [6.45, 7) is 0. The van der Waals surface area contributed by atoms with Crippen LogP contribution in [0.5, 0.6) is 0 Å². The van der Waals surface area contributed by atoms with Crippen molar-refractivity contribution in [3.05, 3.63) is 32.8 Å². The summed E-state index contributed by atoms with van der Waals surface area (Å²) in [5, 5.41) is 10.00. The molecule has 17 heavy (non-hydrogen) atoms. The summed E-state index contributed by atoms with van der Waals surface area (Å²) in [5.41, 5.74) is 3.78. The molecule has 0 heterocycles. The number of nitrogens with two attached hydrogens (primary N) is 1. The van der Waals surface area contributed by atoms with Crippen molar-refractivity contribution in [1.29, 1.82) is 0 Å². The molecular weight excluding hydrogens is 295 g/mol. The van der Waals surface area contributed by atoms with Crippen LogP contribution in [0.2, 0.25) is 5.02 Å². The van der Waals surface area contributed by atoms with E-state index in [0.717, 1.165) is 6.07 Å². The number of benzene rings is 1. The van der Waals surface area contributed by atoms with E-state index in [1.807, 2.05) is 0 Å². The standard InChI is InChI=1S/C7H4Cl2N2O5S/c8-6-4(7(10)12)1-3(11(13)14)2-5(6)17(9,15)16/h1-2H,(H2,10,12). The van der Waals surface area contributed by atoms with Crippen LogP contribution in [-0.2, 0) is 9.05 Å². The number of nitro groups is 1. The molecule has 0 spiro atoms. The van der Waals surface area contributed by atoms with Crippen molar-refractivity contribution in [1.82, 2.24) is 0 Å². The molecule has 0 aliphatic heterocycles. The first-order chi connectivity index (χ1) is 7.64. The Kier molecular flexibility index (Phi) is 3.60. The van der Waals surface area contributed by atoms with E-state index in [1.54, 1.807) is 0 Å². The summed E-state index contributed by atoms with van der Waals surface area (Å²) in [4.78, 5) is 19.9. The molecule has 0 aliphatic carbocycles. The van der Waals surface area contributed by atoms with Crippen LogP contribution >= 0.6 is 22.3 Å². The first-order valence-electron chi connectivity index (χ1n) is 3.87. The molecule has 0 radical (unpaired) electrons. The van der Waals surface area contributed by atoms with Gasteiger partial charge in [-0.25, -0.2) is 8.42 Å². The van der Waals surface area contributed by atoms with Crippen LogP contribution in [0.4, 0.5) is 5.69 Å². The molecule has 2 N–H and O–H groups in total. The number of rotatable bonds is 3. The molecule has 0 saturated heterocycles. The van der Waals surface area contributed by atoms with Crippen molar-refractivity contribution >= 4 is 42.9 Å². The third kappa shape index (κ3) is 2.84. The van der Waals surface area contributed by atoms with Gasteiger partial charge in [0.1, 0.15) is 4.90 Å². The number of nitrogens with zero attached hydrogens (tertiary/aromatic N) is 1. The van der Waals surface area contributed by atoms with Crippen molar-refractivity contribution in [2.75, 3.05) is 0 Å². The Balaban J connectivity index is 3.73. The fraction of sp³-hybridized carbons (Fsp3) is 0. The van der Waals surface area contributed by atoms with Gasteiger partial charge in [-0.3, -0.25) is 14.9 Å². The monoisotopic (exact) mass is 298 g/mol. The van der Waals surface area contributed by atoms with Gasteiger partial charge in [-0.15, -0.1) is 0 Å². The highest BCUT2D eigenvalue weighted by Crippen LogP contribution is 2.32. The second-order valence-electron chi connectivity index (χ2n) is 2.86. The van der Waals surface area contributed by atoms with Crippen LogP contribution < -0.4 is 5.73 Å². The Morgan fingerprint density at radius 1 is 1.41 bits per heavy atom. The van der Waals surface area contributed by atoms with Crippen molar-refractivity contribution < 1.29 is 18.1 Å². The number of halogens is 2. The maximum absolute atomic E-state index is 11.1. The molecule has 92 valence electrons. The molecule has 0 aromatic heterocycles. The molecule has 7 nitrogen and oxygen atoms in total. The molecule has 0 bridgehead atoms. The summed E-state index contributed by atoms with van der Waals surface area (Å²) >= 11 is 5.58. The summed E-state index contributed by atoms with van der Waals surface area (Å²) in [5.74, 6) is -1.10. The fourth-order valence-corrected chi connectivity index (χ4v) is 2.62. The lowest BCUT2D eigenvalue weighted by atomic mass is 10.2. The van der Waals surface area contributed by atoms with Gasteiger partial charge in [0.05, 0.1) is 15.5 Å². The van der Waals surface area contributed by atoms with Crippen LogP contribution in [0.3, 0.4) is 0 Å². The lowest BCUT2D eigenvalue weighted by Gasteiger charge is -2.04. The Hall–Kier alpha value is -1.38. The van der Waals surface area contributed by atoms with Gasteiger partial charge in [-0.2, -0.15) is 0 Å². The zero-order valence-electron chi connectivity index (χ0n) is 7.88. The normalized spacial score (nSPS) is 11.2. The highest BCUT2D eigenvalue weighted by molar-refractivity contribution is 8.13. The van der Waals surface area contributed by atoms with Crippen molar-refractivity contribution in [3.8, 4) is 0 Å². The maximum Gasteiger partial charge on any atom is 0.271 e. The lowest BCUT2D eigenvalue weighted by Crippen LogP contribution is -2.13. The largest absolute Gasteiger partial charge is 0.366 e. The van der Waals surface area contributed by atoms with Crippen LogP contribution in [0, 0.1) is 10.1 Å². The molecule has 0 aliphatic rings. The number of amides is 1. The van der Waals surface area contributed by atoms with Crippen molar-refractivity contribution in [2.45, 2.75) is 4.90 Å². The van der Waals surface area contributed by atoms with Crippen molar-refractivity contribution in [3.63, 3.8) is 0 Å². The number of non-ortho nitro benzene ring substituents is 1. The van der Waals surface area contributed by atoms with E-state index in [9.17, 15) is 23.3 Å². The minimum atomic E-state index is -4.32. The zero-order chi connectivity index (χ0) is 13.4. The molecule has 1 rings (SSSR count). The summed E-state index contributed by atoms with van der Waals surface area (Å²) < 4.78 is 22.2. The van der Waals surface area contributed by atoms with Crippen LogP contribution in [0.1, 0.15) is 10.4 Å². The van der Waals surface area contributed by atoms with Crippen LogP contribution in [0.15, 0.2) is 17.0 Å². The smallest absolute Gasteiger partial charge is 0.271 e. The number of carbonyl (C=O) groups excluding carboxylic acids is 1. The third-order valence-electron chi connectivity index (χ3n) is 1.76. The average Bonchev–Trinajstić information content (AvgIpc) is 2.15. The summed E-state index contributed by atoms with van der Waals surface area (Å²) in [6.07, 6.45) is 0. The molecule has 1 amide bonds. The lowest BCUT2D eigenvalue weighted by molar-refractivity contribution is -0.385. The Bertz CT molecular complexity index is 613. The molecular formula is C7H4Cl2N2O5S. The SMILES string of the molecule is NC(=O)c1cc([N+](=O)[O-])cc(S(=O)(=O)Cl)c1Cl. The minimum Gasteiger partial charge on any atom is -0.366 e. The highest BCUT2D eigenvalue weighted by atomic mass is 35.7. The van der Waals surface area contributed by atoms with E-state index in [-0.39, 0.29) is 0 Å². The van der Waals surface area contributed by atoms with E-state index >= 15 is 0 Å². The van der Waals surface area contributed by atoms with E-state index < -0.39 is 41.1 Å². The Morgan fingerprint density at radius 2 is 1.94 bits per heavy atom. The van der Waals surface area contributed by atoms with Gasteiger partial charge in [0, 0.05) is 22.8 Å². The number of hydrogen-bond donors (Lipinski definition) is 1. The highest BCUT2D eigenvalue weighted by Gasteiger charge is 2.24. The Morgan fingerprint density at radius 3 is 2.29 bits per heavy atom. The van der Waals surface area contributed by atoms with E-state index in [0.29, 0.717) is 6.07 Å². The summed E-state index contributed by atoms with van der Waals surface area (Å²) in [7, 11) is 0.713. The molecule has 0 atom stereocenters. The van der Waals surface area contributed by atoms with Gasteiger partial charge in [0.2, 0.25) is 0 Å². The molecule has 1 aromatic rings. The predicted octanol–water partition coefficient (Wildman–Crippen LogP) is 1.27. The summed E-state index contributed by atoms with van der Waals surface area (Å²) in [6, 6.07) is 1.42. The van der Waals surface area contributed by atoms with E-state index in [2.05, 4.69) is 0 Å². The van der Waals surface area contributed by atoms with Gasteiger partial charge in [-0.1, -0.05) is 11.6 Å². The van der Waals surface area contributed by atoms with Crippen LogP contribution in [0.25, 0.3) is 0 Å². The van der Waals surface area contributed by atoms with Gasteiger partial charge in [-0.05, 0) is 0 Å². The second kappa shape index (κ2) is 4.47. The molecule has 0 unspecified atom stereocenters. The topological polar surface area (TPSA) is 120 Å². The first-order valence-corrected chi connectivity index (χ1v) is 6.55. The number of nitro benzene ring substituents is 1. The van der Waals surface area contributed by atoms with E-state index in [4.69, 9.17) is 28.0 Å². The molecule has 0 saturated carbocycles. The van der Waals surface area contributed by atoms with Gasteiger partial charge in [0.25, 0.3) is 20.6 Å². The molecule has 0 fully saturated rings. The third-order valence-corrected chi connectivity index (χ3v) is 3.63.